The Morgan fingerprint density at radius 3 is 2.59 bits per heavy atom. The summed E-state index contributed by atoms with van der Waals surface area (Å²) in [6, 6.07) is 0. The highest BCUT2D eigenvalue weighted by Crippen LogP contribution is 2.16. The van der Waals surface area contributed by atoms with Gasteiger partial charge >= 0.3 is 0 Å². The summed E-state index contributed by atoms with van der Waals surface area (Å²) in [6.45, 7) is 13.1. The monoisotopic (exact) mass is 301 g/mol. The highest BCUT2D eigenvalue weighted by Gasteiger charge is 2.12. The number of nitrogen functional groups attached to an aromatic ring is 1. The van der Waals surface area contributed by atoms with Gasteiger partial charge in [-0.05, 0) is 13.6 Å². The Bertz CT molecular complexity index is 588. The SMILES string of the molecule is C=C/C(=C\C=C/C)c1cnc(N)c(/C(N=C)=N/OC)n1.CC. The number of aromatic nitrogens is 2. The van der Waals surface area contributed by atoms with Crippen LogP contribution in [0.5, 0.6) is 0 Å². The lowest BCUT2D eigenvalue weighted by Crippen LogP contribution is -2.09. The number of amidine groups is 1. The molecule has 22 heavy (non-hydrogen) atoms. The lowest BCUT2D eigenvalue weighted by molar-refractivity contribution is 0.213. The van der Waals surface area contributed by atoms with E-state index in [-0.39, 0.29) is 11.7 Å². The van der Waals surface area contributed by atoms with E-state index in [0.29, 0.717) is 11.4 Å². The van der Waals surface area contributed by atoms with Gasteiger partial charge in [0.1, 0.15) is 7.11 Å². The van der Waals surface area contributed by atoms with Crippen LogP contribution in [-0.2, 0) is 4.84 Å². The Labute approximate surface area is 131 Å². The number of nitrogens with two attached hydrogens (primary N) is 1. The van der Waals surface area contributed by atoms with Gasteiger partial charge in [-0.3, -0.25) is 0 Å². The van der Waals surface area contributed by atoms with Crippen molar-refractivity contribution in [3.63, 3.8) is 0 Å². The fourth-order valence-corrected chi connectivity index (χ4v) is 1.39. The van der Waals surface area contributed by atoms with Crippen molar-refractivity contribution in [2.45, 2.75) is 20.8 Å². The quantitative estimate of drug-likeness (QED) is 0.391. The zero-order valence-electron chi connectivity index (χ0n) is 13.6. The molecule has 0 saturated carbocycles. The fourth-order valence-electron chi connectivity index (χ4n) is 1.39. The second-order valence-corrected chi connectivity index (χ2v) is 3.60. The Hall–Kier alpha value is -2.76. The maximum absolute atomic E-state index is 5.78. The van der Waals surface area contributed by atoms with Crippen LogP contribution in [0.4, 0.5) is 5.82 Å². The molecule has 1 aromatic rings. The largest absolute Gasteiger partial charge is 0.397 e. The number of allylic oxidation sites excluding steroid dienone is 5. The van der Waals surface area contributed by atoms with Crippen molar-refractivity contribution in [3.8, 4) is 0 Å². The molecule has 0 amide bonds. The summed E-state index contributed by atoms with van der Waals surface area (Å²) in [6.07, 6.45) is 8.89. The van der Waals surface area contributed by atoms with Crippen molar-refractivity contribution in [1.29, 1.82) is 0 Å². The molecule has 0 unspecified atom stereocenters. The Morgan fingerprint density at radius 2 is 2.09 bits per heavy atom. The van der Waals surface area contributed by atoms with Gasteiger partial charge in [0.05, 0.1) is 11.9 Å². The van der Waals surface area contributed by atoms with Gasteiger partial charge in [0, 0.05) is 5.57 Å². The van der Waals surface area contributed by atoms with Crippen LogP contribution < -0.4 is 5.73 Å². The van der Waals surface area contributed by atoms with Gasteiger partial charge in [-0.2, -0.15) is 0 Å². The van der Waals surface area contributed by atoms with Crippen LogP contribution in [0.2, 0.25) is 0 Å². The summed E-state index contributed by atoms with van der Waals surface area (Å²) in [5, 5.41) is 3.71. The molecule has 2 N–H and O–H groups in total. The standard InChI is InChI=1S/C14H17N5O.C2H6/c1-5-7-8-10(6-2)11-9-17-13(15)12(18-11)14(16-3)19-20-4;1-2/h5-9H,2-3H2,1,4H3,(H2,15,17);1-2H3/b7-5-,10-8+,19-14-;. The van der Waals surface area contributed by atoms with E-state index >= 15 is 0 Å². The van der Waals surface area contributed by atoms with Gasteiger partial charge in [0.15, 0.2) is 11.5 Å². The normalized spacial score (nSPS) is 11.6. The molecule has 6 heteroatoms. The molecule has 0 atom stereocenters. The van der Waals surface area contributed by atoms with E-state index in [9.17, 15) is 0 Å². The third-order valence-electron chi connectivity index (χ3n) is 2.32. The average Bonchev–Trinajstić information content (AvgIpc) is 2.56. The minimum atomic E-state index is 0.175. The summed E-state index contributed by atoms with van der Waals surface area (Å²) in [5.74, 6) is 0.375. The second kappa shape index (κ2) is 11.0. The van der Waals surface area contributed by atoms with Crippen molar-refractivity contribution >= 4 is 23.9 Å². The fraction of sp³-hybridized carbons (Fsp3) is 0.250. The molecule has 0 fully saturated rings. The molecular formula is C16H23N5O. The minimum absolute atomic E-state index is 0.175. The van der Waals surface area contributed by atoms with Gasteiger partial charge in [0.25, 0.3) is 0 Å². The number of anilines is 1. The van der Waals surface area contributed by atoms with E-state index in [4.69, 9.17) is 5.73 Å². The summed E-state index contributed by atoms with van der Waals surface area (Å²) in [5.41, 5.74) is 7.50. The van der Waals surface area contributed by atoms with Crippen LogP contribution in [-0.4, -0.2) is 29.6 Å². The van der Waals surface area contributed by atoms with E-state index in [0.717, 1.165) is 5.57 Å². The van der Waals surface area contributed by atoms with Crippen molar-refractivity contribution < 1.29 is 4.84 Å². The molecule has 0 aliphatic rings. The molecule has 0 aliphatic carbocycles. The first-order valence-corrected chi connectivity index (χ1v) is 6.84. The second-order valence-electron chi connectivity index (χ2n) is 3.60. The third kappa shape index (κ3) is 5.32. The van der Waals surface area contributed by atoms with E-state index < -0.39 is 0 Å². The molecule has 6 nitrogen and oxygen atoms in total. The van der Waals surface area contributed by atoms with Crippen molar-refractivity contribution in [3.05, 3.63) is 48.5 Å². The maximum atomic E-state index is 5.78. The van der Waals surface area contributed by atoms with Crippen LogP contribution in [0.15, 0.2) is 47.2 Å². The summed E-state index contributed by atoms with van der Waals surface area (Å²) >= 11 is 0. The van der Waals surface area contributed by atoms with Crippen LogP contribution in [0.3, 0.4) is 0 Å². The summed E-state index contributed by atoms with van der Waals surface area (Å²) in [7, 11) is 1.40. The number of oxime groups is 1. The first-order chi connectivity index (χ1) is 10.7. The molecule has 1 rings (SSSR count). The zero-order chi connectivity index (χ0) is 17.0. The predicted octanol–water partition coefficient (Wildman–Crippen LogP) is 3.24. The maximum Gasteiger partial charge on any atom is 0.220 e. The molecule has 0 bridgehead atoms. The van der Waals surface area contributed by atoms with Gasteiger partial charge in [-0.25, -0.2) is 15.0 Å². The van der Waals surface area contributed by atoms with Gasteiger partial charge in [0.2, 0.25) is 5.84 Å². The van der Waals surface area contributed by atoms with E-state index in [1.165, 1.54) is 7.11 Å². The third-order valence-corrected chi connectivity index (χ3v) is 2.32. The van der Waals surface area contributed by atoms with Crippen LogP contribution in [0.25, 0.3) is 5.57 Å². The van der Waals surface area contributed by atoms with Crippen LogP contribution >= 0.6 is 0 Å². The lowest BCUT2D eigenvalue weighted by atomic mass is 10.1. The molecule has 1 heterocycles. The highest BCUT2D eigenvalue weighted by molar-refractivity contribution is 6.03. The van der Waals surface area contributed by atoms with E-state index in [2.05, 4.69) is 38.3 Å². The molecular weight excluding hydrogens is 278 g/mol. The molecule has 0 radical (unpaired) electrons. The van der Waals surface area contributed by atoms with Gasteiger partial charge in [-0.15, -0.1) is 0 Å². The van der Waals surface area contributed by atoms with Gasteiger partial charge in [-0.1, -0.05) is 49.9 Å². The number of hydrogen-bond acceptors (Lipinski definition) is 5. The van der Waals surface area contributed by atoms with Crippen molar-refractivity contribution in [1.82, 2.24) is 9.97 Å². The molecule has 0 saturated heterocycles. The molecule has 0 spiro atoms. The summed E-state index contributed by atoms with van der Waals surface area (Å²) in [4.78, 5) is 16.9. The number of nitrogens with zero attached hydrogens (tertiary/aromatic N) is 4. The van der Waals surface area contributed by atoms with Crippen molar-refractivity contribution in [2.75, 3.05) is 12.8 Å². The topological polar surface area (TPSA) is 85.8 Å². The Kier molecular flexibility index (Phi) is 9.59. The van der Waals surface area contributed by atoms with E-state index in [1.54, 1.807) is 12.3 Å². The highest BCUT2D eigenvalue weighted by atomic mass is 16.6. The first kappa shape index (κ1) is 19.2. The Morgan fingerprint density at radius 1 is 1.41 bits per heavy atom. The van der Waals surface area contributed by atoms with E-state index in [1.807, 2.05) is 39.0 Å². The van der Waals surface area contributed by atoms with Crippen molar-refractivity contribution in [2.24, 2.45) is 10.1 Å². The lowest BCUT2D eigenvalue weighted by Gasteiger charge is -2.06. The molecule has 1 aromatic heterocycles. The number of rotatable bonds is 5. The van der Waals surface area contributed by atoms with Crippen LogP contribution in [0, 0.1) is 0 Å². The van der Waals surface area contributed by atoms with Crippen LogP contribution in [0.1, 0.15) is 32.2 Å². The molecule has 118 valence electrons. The summed E-state index contributed by atoms with van der Waals surface area (Å²) < 4.78 is 0. The zero-order valence-corrected chi connectivity index (χ0v) is 13.6. The molecule has 0 aliphatic heterocycles. The Balaban J connectivity index is 0.00000211. The average molecular weight is 301 g/mol. The first-order valence-electron chi connectivity index (χ1n) is 6.84. The predicted molar refractivity (Wildman–Crippen MR) is 93.9 cm³/mol. The van der Waals surface area contributed by atoms with Gasteiger partial charge < -0.3 is 10.6 Å². The number of hydrogen-bond donors (Lipinski definition) is 1. The smallest absolute Gasteiger partial charge is 0.220 e. The molecule has 0 aromatic carbocycles. The minimum Gasteiger partial charge on any atom is -0.397 e. The number of aliphatic imine (C=N–C) groups is 1.